The predicted octanol–water partition coefficient (Wildman–Crippen LogP) is 1.17. The summed E-state index contributed by atoms with van der Waals surface area (Å²) in [7, 11) is -2.72. The van der Waals surface area contributed by atoms with E-state index in [1.54, 1.807) is 0 Å². The van der Waals surface area contributed by atoms with Crippen molar-refractivity contribution in [3.63, 3.8) is 0 Å². The lowest BCUT2D eigenvalue weighted by atomic mass is 10.4. The molecule has 0 spiro atoms. The maximum absolute atomic E-state index is 12.3. The van der Waals surface area contributed by atoms with E-state index < -0.39 is 23.0 Å². The number of nitrogens with zero attached hydrogens (tertiary/aromatic N) is 2. The van der Waals surface area contributed by atoms with E-state index in [0.29, 0.717) is 16.0 Å². The van der Waals surface area contributed by atoms with Crippen molar-refractivity contribution in [2.24, 2.45) is 5.73 Å². The third-order valence-electron chi connectivity index (χ3n) is 3.16. The van der Waals surface area contributed by atoms with Gasteiger partial charge in [-0.1, -0.05) is 0 Å². The Labute approximate surface area is 111 Å². The van der Waals surface area contributed by atoms with Crippen LogP contribution in [-0.2, 0) is 16.6 Å². The number of halogens is 2. The van der Waals surface area contributed by atoms with Crippen molar-refractivity contribution in [3.8, 4) is 0 Å². The molecule has 19 heavy (non-hydrogen) atoms. The number of hydrogen-bond acceptors (Lipinski definition) is 3. The van der Waals surface area contributed by atoms with Crippen LogP contribution < -0.4 is 5.73 Å². The monoisotopic (exact) mass is 293 g/mol. The normalized spacial score (nSPS) is 16.5. The van der Waals surface area contributed by atoms with Crippen LogP contribution in [0.1, 0.15) is 24.6 Å². The van der Waals surface area contributed by atoms with Gasteiger partial charge in [-0.25, -0.2) is 17.2 Å². The molecule has 0 amide bonds. The number of rotatable bonds is 6. The van der Waals surface area contributed by atoms with Crippen LogP contribution in [0.25, 0.3) is 0 Å². The van der Waals surface area contributed by atoms with Crippen molar-refractivity contribution < 1.29 is 17.2 Å². The summed E-state index contributed by atoms with van der Waals surface area (Å²) in [4.78, 5) is 0.0306. The molecule has 108 valence electrons. The zero-order chi connectivity index (χ0) is 14.2. The second kappa shape index (κ2) is 5.18. The van der Waals surface area contributed by atoms with Crippen LogP contribution in [0.2, 0.25) is 0 Å². The Bertz CT molecular complexity index is 552. The Morgan fingerprint density at radius 1 is 1.53 bits per heavy atom. The lowest BCUT2D eigenvalue weighted by molar-refractivity contribution is 0.126. The Balaban J connectivity index is 2.29. The molecule has 1 aliphatic carbocycles. The summed E-state index contributed by atoms with van der Waals surface area (Å²) >= 11 is 0. The second-order valence-corrected chi connectivity index (χ2v) is 6.73. The van der Waals surface area contributed by atoms with E-state index in [1.807, 2.05) is 4.57 Å². The van der Waals surface area contributed by atoms with Gasteiger partial charge in [0.1, 0.15) is 4.90 Å². The van der Waals surface area contributed by atoms with Crippen molar-refractivity contribution in [2.75, 3.05) is 13.6 Å². The molecule has 1 fully saturated rings. The van der Waals surface area contributed by atoms with E-state index in [-0.39, 0.29) is 11.4 Å². The Morgan fingerprint density at radius 3 is 2.63 bits per heavy atom. The largest absolute Gasteiger partial charge is 0.346 e. The average Bonchev–Trinajstić information content (AvgIpc) is 3.07. The van der Waals surface area contributed by atoms with Gasteiger partial charge in [0.2, 0.25) is 10.0 Å². The number of sulfonamides is 1. The first-order chi connectivity index (χ1) is 8.86. The molecule has 0 aromatic carbocycles. The molecule has 1 aliphatic rings. The Kier molecular flexibility index (Phi) is 3.93. The van der Waals surface area contributed by atoms with E-state index in [4.69, 9.17) is 5.73 Å². The maximum atomic E-state index is 12.3. The van der Waals surface area contributed by atoms with Gasteiger partial charge in [-0.15, -0.1) is 0 Å². The molecule has 0 atom stereocenters. The third kappa shape index (κ3) is 2.96. The molecule has 1 saturated carbocycles. The molecular weight excluding hydrogens is 276 g/mol. The molecule has 0 aliphatic heterocycles. The molecule has 0 radical (unpaired) electrons. The van der Waals surface area contributed by atoms with E-state index in [9.17, 15) is 17.2 Å². The Morgan fingerprint density at radius 2 is 2.16 bits per heavy atom. The van der Waals surface area contributed by atoms with Gasteiger partial charge in [-0.3, -0.25) is 0 Å². The zero-order valence-electron chi connectivity index (χ0n) is 10.6. The smallest absolute Gasteiger partial charge is 0.252 e. The van der Waals surface area contributed by atoms with Crippen molar-refractivity contribution in [1.82, 2.24) is 8.87 Å². The van der Waals surface area contributed by atoms with Crippen LogP contribution in [0, 0.1) is 0 Å². The molecule has 1 heterocycles. The van der Waals surface area contributed by atoms with Gasteiger partial charge in [0.25, 0.3) is 6.43 Å². The highest BCUT2D eigenvalue weighted by atomic mass is 32.2. The van der Waals surface area contributed by atoms with E-state index in [0.717, 1.165) is 19.9 Å². The lowest BCUT2D eigenvalue weighted by Gasteiger charge is -2.15. The highest BCUT2D eigenvalue weighted by molar-refractivity contribution is 7.89. The summed E-state index contributed by atoms with van der Waals surface area (Å²) in [5.74, 6) is 0. The lowest BCUT2D eigenvalue weighted by Crippen LogP contribution is -2.31. The SMILES string of the molecule is CN(CC(F)F)S(=O)(=O)c1cc(CN)n(C2CC2)c1. The van der Waals surface area contributed by atoms with Crippen molar-refractivity contribution in [2.45, 2.75) is 36.7 Å². The van der Waals surface area contributed by atoms with Gasteiger partial charge in [-0.2, -0.15) is 4.31 Å². The minimum Gasteiger partial charge on any atom is -0.346 e. The minimum atomic E-state index is -3.87. The topological polar surface area (TPSA) is 68.3 Å². The molecule has 0 bridgehead atoms. The number of hydrogen-bond donors (Lipinski definition) is 1. The quantitative estimate of drug-likeness (QED) is 0.856. The van der Waals surface area contributed by atoms with Gasteiger partial charge in [0, 0.05) is 31.5 Å². The highest BCUT2D eigenvalue weighted by Crippen LogP contribution is 2.37. The van der Waals surface area contributed by atoms with Crippen LogP contribution >= 0.6 is 0 Å². The molecule has 1 aromatic rings. The summed E-state index contributed by atoms with van der Waals surface area (Å²) in [6, 6.07) is 1.76. The first-order valence-corrected chi connectivity index (χ1v) is 7.45. The van der Waals surface area contributed by atoms with Gasteiger partial charge in [0.15, 0.2) is 0 Å². The first kappa shape index (κ1) is 14.4. The summed E-state index contributed by atoms with van der Waals surface area (Å²) in [5, 5.41) is 0. The number of aromatic nitrogens is 1. The van der Waals surface area contributed by atoms with Crippen LogP contribution in [-0.4, -0.2) is 37.3 Å². The van der Waals surface area contributed by atoms with Gasteiger partial charge >= 0.3 is 0 Å². The van der Waals surface area contributed by atoms with Crippen LogP contribution in [0.3, 0.4) is 0 Å². The number of alkyl halides is 2. The van der Waals surface area contributed by atoms with E-state index in [1.165, 1.54) is 12.3 Å². The predicted molar refractivity (Wildman–Crippen MR) is 66.4 cm³/mol. The van der Waals surface area contributed by atoms with Crippen LogP contribution in [0.4, 0.5) is 8.78 Å². The van der Waals surface area contributed by atoms with Gasteiger partial charge in [-0.05, 0) is 18.9 Å². The molecule has 2 N–H and O–H groups in total. The van der Waals surface area contributed by atoms with Gasteiger partial charge in [0.05, 0.1) is 6.54 Å². The second-order valence-electron chi connectivity index (χ2n) is 4.69. The van der Waals surface area contributed by atoms with E-state index >= 15 is 0 Å². The summed E-state index contributed by atoms with van der Waals surface area (Å²) in [5.41, 5.74) is 6.29. The fraction of sp³-hybridized carbons (Fsp3) is 0.636. The van der Waals surface area contributed by atoms with Gasteiger partial charge < -0.3 is 10.3 Å². The summed E-state index contributed by atoms with van der Waals surface area (Å²) < 4.78 is 51.3. The molecule has 0 saturated heterocycles. The maximum Gasteiger partial charge on any atom is 0.252 e. The first-order valence-electron chi connectivity index (χ1n) is 6.01. The summed E-state index contributed by atoms with van der Waals surface area (Å²) in [6.07, 6.45) is 0.790. The zero-order valence-corrected chi connectivity index (χ0v) is 11.4. The molecule has 0 unspecified atom stereocenters. The van der Waals surface area contributed by atoms with E-state index in [2.05, 4.69) is 0 Å². The van der Waals surface area contributed by atoms with Crippen molar-refractivity contribution in [3.05, 3.63) is 18.0 Å². The fourth-order valence-electron chi connectivity index (χ4n) is 1.97. The number of nitrogens with two attached hydrogens (primary N) is 1. The minimum absolute atomic E-state index is 0.0306. The van der Waals surface area contributed by atoms with Crippen molar-refractivity contribution in [1.29, 1.82) is 0 Å². The standard InChI is InChI=1S/C11H17F2N3O2S/c1-15(7-11(12)13)19(17,18)10-4-9(5-14)16(6-10)8-2-3-8/h4,6,8,11H,2-3,5,7,14H2,1H3. The molecule has 8 heteroatoms. The molecule has 5 nitrogen and oxygen atoms in total. The molecule has 2 rings (SSSR count). The highest BCUT2D eigenvalue weighted by Gasteiger charge is 2.30. The van der Waals surface area contributed by atoms with Crippen LogP contribution in [0.15, 0.2) is 17.2 Å². The van der Waals surface area contributed by atoms with Crippen LogP contribution in [0.5, 0.6) is 0 Å². The van der Waals surface area contributed by atoms with Crippen molar-refractivity contribution >= 4 is 10.0 Å². The molecular formula is C11H17F2N3O2S. The fourth-order valence-corrected chi connectivity index (χ4v) is 3.17. The summed E-state index contributed by atoms with van der Waals surface area (Å²) in [6.45, 7) is -0.584. The third-order valence-corrected chi connectivity index (χ3v) is 4.95. The molecule has 1 aromatic heterocycles. The Hall–Kier alpha value is -0.990. The average molecular weight is 293 g/mol.